The standard InChI is InChI=1S/2C10H4BrClN2O5/c11-8-3(12)1-4-7(9(8)14(18)19)10(17)5(15)2-6(16)13-4;11-3-1-4-7(9(8(3)12)14(18)19)10(17)5(15)2-6(16)13-4/h2*1-2H,(H,13,16)(H,15,17). The van der Waals surface area contributed by atoms with Gasteiger partial charge in [0.1, 0.15) is 20.3 Å². The van der Waals surface area contributed by atoms with E-state index in [9.17, 15) is 49.6 Å². The van der Waals surface area contributed by atoms with Crippen LogP contribution in [0.2, 0.25) is 10.0 Å². The van der Waals surface area contributed by atoms with Crippen LogP contribution >= 0.6 is 55.1 Å². The van der Waals surface area contributed by atoms with Gasteiger partial charge in [0.2, 0.25) is 10.9 Å². The number of nitrogens with zero attached hydrogens (tertiary/aromatic N) is 2. The van der Waals surface area contributed by atoms with Gasteiger partial charge < -0.3 is 20.2 Å². The summed E-state index contributed by atoms with van der Waals surface area (Å²) in [5.74, 6) is -1.77. The number of halogens is 4. The Morgan fingerprint density at radius 1 is 0.737 bits per heavy atom. The zero-order valence-electron chi connectivity index (χ0n) is 17.9. The number of hydrogen-bond donors (Lipinski definition) is 4. The molecule has 4 N–H and O–H groups in total. The smallest absolute Gasteiger partial charge is 0.302 e. The molecule has 0 saturated heterocycles. The highest BCUT2D eigenvalue weighted by Crippen LogP contribution is 2.38. The summed E-state index contributed by atoms with van der Waals surface area (Å²) in [5.41, 5.74) is -5.15. The van der Waals surface area contributed by atoms with Crippen molar-refractivity contribution in [3.8, 4) is 11.5 Å². The third-order valence-corrected chi connectivity index (χ3v) is 7.29. The maximum atomic E-state index is 11.9. The Kier molecular flexibility index (Phi) is 8.21. The van der Waals surface area contributed by atoms with Crippen LogP contribution in [0.5, 0.6) is 11.5 Å². The summed E-state index contributed by atoms with van der Waals surface area (Å²) in [6.07, 6.45) is 0. The van der Waals surface area contributed by atoms with Gasteiger partial charge in [-0.1, -0.05) is 23.2 Å². The van der Waals surface area contributed by atoms with Crippen LogP contribution in [0.15, 0.2) is 52.4 Å². The SMILES string of the molecule is O=c1cc(O)c(=O)c2c([N+](=O)[O-])c(Br)c(Cl)cc2[nH]1.O=c1cc(O)c(=O)c2c([N+](=O)[O-])c(Cl)c(Br)cc2[nH]1. The third kappa shape index (κ3) is 5.38. The summed E-state index contributed by atoms with van der Waals surface area (Å²) < 4.78 is 0.0457. The van der Waals surface area contributed by atoms with Crippen molar-refractivity contribution in [2.24, 2.45) is 0 Å². The second-order valence-corrected chi connectivity index (χ2v) is 9.53. The van der Waals surface area contributed by atoms with E-state index < -0.39 is 65.5 Å². The molecular formula is C20H8Br2Cl2N4O10. The molecule has 0 aliphatic rings. The number of fused-ring (bicyclic) bond motifs is 2. The highest BCUT2D eigenvalue weighted by molar-refractivity contribution is 9.11. The number of nitro benzene ring substituents is 2. The molecule has 0 fully saturated rings. The summed E-state index contributed by atoms with van der Waals surface area (Å²) in [4.78, 5) is 71.4. The van der Waals surface area contributed by atoms with Crippen molar-refractivity contribution in [1.82, 2.24) is 9.97 Å². The molecule has 4 aromatic rings. The molecule has 0 atom stereocenters. The second-order valence-electron chi connectivity index (χ2n) is 7.10. The molecule has 0 aliphatic carbocycles. The number of aromatic nitrogens is 2. The lowest BCUT2D eigenvalue weighted by atomic mass is 10.2. The molecule has 0 unspecified atom stereocenters. The molecule has 0 spiro atoms. The Labute approximate surface area is 233 Å². The second kappa shape index (κ2) is 10.9. The van der Waals surface area contributed by atoms with Gasteiger partial charge in [0.15, 0.2) is 11.5 Å². The maximum absolute atomic E-state index is 11.9. The fourth-order valence-electron chi connectivity index (χ4n) is 3.20. The summed E-state index contributed by atoms with van der Waals surface area (Å²) >= 11 is 17.5. The van der Waals surface area contributed by atoms with Crippen molar-refractivity contribution >= 4 is 88.2 Å². The number of nitro groups is 2. The van der Waals surface area contributed by atoms with Crippen LogP contribution in [0.4, 0.5) is 11.4 Å². The Hall–Kier alpha value is -3.86. The largest absolute Gasteiger partial charge is 0.504 e. The average Bonchev–Trinajstić information content (AvgIpc) is 2.97. The molecule has 2 aromatic heterocycles. The monoisotopic (exact) mass is 692 g/mol. The van der Waals surface area contributed by atoms with Gasteiger partial charge in [0.25, 0.3) is 16.8 Å². The Morgan fingerprint density at radius 3 is 1.61 bits per heavy atom. The van der Waals surface area contributed by atoms with Crippen LogP contribution in [0.25, 0.3) is 21.8 Å². The minimum atomic E-state index is -1.05. The molecule has 0 radical (unpaired) electrons. The Bertz CT molecular complexity index is 1810. The first-order valence-corrected chi connectivity index (χ1v) is 11.8. The highest BCUT2D eigenvalue weighted by Gasteiger charge is 2.25. The molecule has 2 heterocycles. The van der Waals surface area contributed by atoms with Crippen LogP contribution < -0.4 is 22.0 Å². The number of H-pyrrole nitrogens is 2. The number of benzene rings is 2. The lowest BCUT2D eigenvalue weighted by Crippen LogP contribution is -2.03. The first kappa shape index (κ1) is 28.7. The van der Waals surface area contributed by atoms with Crippen molar-refractivity contribution in [3.63, 3.8) is 0 Å². The predicted octanol–water partition coefficient (Wildman–Crippen LogP) is 3.84. The van der Waals surface area contributed by atoms with E-state index in [0.29, 0.717) is 12.1 Å². The lowest BCUT2D eigenvalue weighted by Gasteiger charge is -2.00. The fraction of sp³-hybridized carbons (Fsp3) is 0. The molecule has 0 amide bonds. The van der Waals surface area contributed by atoms with Crippen LogP contribution in [0.1, 0.15) is 0 Å². The van der Waals surface area contributed by atoms with Crippen molar-refractivity contribution in [3.05, 3.63) is 105 Å². The van der Waals surface area contributed by atoms with Gasteiger partial charge in [-0.05, 0) is 44.0 Å². The van der Waals surface area contributed by atoms with Gasteiger partial charge >= 0.3 is 5.69 Å². The summed E-state index contributed by atoms with van der Waals surface area (Å²) in [6, 6.07) is 3.74. The van der Waals surface area contributed by atoms with E-state index in [2.05, 4.69) is 41.8 Å². The number of nitrogens with one attached hydrogen (secondary N) is 2. The van der Waals surface area contributed by atoms with Crippen LogP contribution in [-0.2, 0) is 0 Å². The quantitative estimate of drug-likeness (QED) is 0.175. The van der Waals surface area contributed by atoms with Crippen molar-refractivity contribution in [2.75, 3.05) is 0 Å². The highest BCUT2D eigenvalue weighted by atomic mass is 79.9. The van der Waals surface area contributed by atoms with E-state index >= 15 is 0 Å². The van der Waals surface area contributed by atoms with Gasteiger partial charge in [0.05, 0.1) is 25.9 Å². The first-order chi connectivity index (χ1) is 17.6. The normalized spacial score (nSPS) is 10.6. The van der Waals surface area contributed by atoms with E-state index in [4.69, 9.17) is 23.2 Å². The Balaban J connectivity index is 0.000000211. The third-order valence-electron chi connectivity index (χ3n) is 4.73. The maximum Gasteiger partial charge on any atom is 0.302 e. The minimum absolute atomic E-state index is 0.0417. The molecule has 2 aromatic carbocycles. The van der Waals surface area contributed by atoms with Gasteiger partial charge in [-0.15, -0.1) is 0 Å². The fourth-order valence-corrected chi connectivity index (χ4v) is 4.49. The van der Waals surface area contributed by atoms with E-state index in [1.165, 1.54) is 12.1 Å². The zero-order chi connectivity index (χ0) is 28.6. The number of aromatic amines is 2. The van der Waals surface area contributed by atoms with E-state index in [1.807, 2.05) is 0 Å². The van der Waals surface area contributed by atoms with Crippen LogP contribution in [0, 0.1) is 20.2 Å². The summed E-state index contributed by atoms with van der Waals surface area (Å²) in [6.45, 7) is 0. The van der Waals surface area contributed by atoms with E-state index in [-0.39, 0.29) is 30.0 Å². The number of aromatic hydroxyl groups is 2. The lowest BCUT2D eigenvalue weighted by molar-refractivity contribution is -0.383. The van der Waals surface area contributed by atoms with Gasteiger partial charge in [-0.3, -0.25) is 39.4 Å². The number of hydrogen-bond acceptors (Lipinski definition) is 10. The van der Waals surface area contributed by atoms with Crippen molar-refractivity contribution in [1.29, 1.82) is 0 Å². The molecule has 0 bridgehead atoms. The van der Waals surface area contributed by atoms with Gasteiger partial charge in [-0.2, -0.15) is 0 Å². The molecule has 18 heteroatoms. The minimum Gasteiger partial charge on any atom is -0.504 e. The zero-order valence-corrected chi connectivity index (χ0v) is 22.6. The van der Waals surface area contributed by atoms with E-state index in [1.54, 1.807) is 0 Å². The predicted molar refractivity (Wildman–Crippen MR) is 144 cm³/mol. The van der Waals surface area contributed by atoms with Crippen molar-refractivity contribution < 1.29 is 20.1 Å². The molecule has 14 nitrogen and oxygen atoms in total. The summed E-state index contributed by atoms with van der Waals surface area (Å²) in [5, 5.41) is 39.7. The summed E-state index contributed by atoms with van der Waals surface area (Å²) in [7, 11) is 0. The Morgan fingerprint density at radius 2 is 1.16 bits per heavy atom. The molecular weight excluding hydrogens is 687 g/mol. The van der Waals surface area contributed by atoms with Crippen LogP contribution in [0.3, 0.4) is 0 Å². The molecule has 4 rings (SSSR count). The molecule has 196 valence electrons. The van der Waals surface area contributed by atoms with Crippen molar-refractivity contribution in [2.45, 2.75) is 0 Å². The average molecular weight is 695 g/mol. The molecule has 0 saturated carbocycles. The topological polar surface area (TPSA) is 227 Å². The molecule has 0 aliphatic heterocycles. The van der Waals surface area contributed by atoms with Crippen LogP contribution in [-0.4, -0.2) is 30.0 Å². The van der Waals surface area contributed by atoms with Gasteiger partial charge in [0, 0.05) is 16.6 Å². The first-order valence-electron chi connectivity index (χ1n) is 9.51. The van der Waals surface area contributed by atoms with Gasteiger partial charge in [-0.25, -0.2) is 0 Å². The number of rotatable bonds is 2. The van der Waals surface area contributed by atoms with E-state index in [0.717, 1.165) is 0 Å². The molecule has 38 heavy (non-hydrogen) atoms.